The molecular weight excluding hydrogens is 262 g/mol. The van der Waals surface area contributed by atoms with Crippen LogP contribution in [0, 0.1) is 13.8 Å². The minimum atomic E-state index is -0.0889. The molecule has 2 rings (SSSR count). The Balaban J connectivity index is 2.25. The van der Waals surface area contributed by atoms with Crippen LogP contribution in [0.1, 0.15) is 28.3 Å². The summed E-state index contributed by atoms with van der Waals surface area (Å²) in [5, 5.41) is 0. The van der Waals surface area contributed by atoms with Crippen LogP contribution in [0.3, 0.4) is 0 Å². The number of nitrogens with two attached hydrogens (primary N) is 1. The van der Waals surface area contributed by atoms with Crippen molar-refractivity contribution in [3.63, 3.8) is 0 Å². The van der Waals surface area contributed by atoms with Crippen LogP contribution in [0.15, 0.2) is 36.4 Å². The lowest BCUT2D eigenvalue weighted by atomic mass is 9.94. The van der Waals surface area contributed by atoms with Crippen molar-refractivity contribution in [3.8, 4) is 11.5 Å². The summed E-state index contributed by atoms with van der Waals surface area (Å²) in [6.07, 6.45) is 0.768. The van der Waals surface area contributed by atoms with Gasteiger partial charge < -0.3 is 15.2 Å². The summed E-state index contributed by atoms with van der Waals surface area (Å²) in [4.78, 5) is 0. The van der Waals surface area contributed by atoms with E-state index < -0.39 is 0 Å². The summed E-state index contributed by atoms with van der Waals surface area (Å²) < 4.78 is 10.7. The van der Waals surface area contributed by atoms with Crippen LogP contribution in [-0.4, -0.2) is 14.2 Å². The molecule has 3 nitrogen and oxygen atoms in total. The molecule has 0 fully saturated rings. The smallest absolute Gasteiger partial charge is 0.124 e. The summed E-state index contributed by atoms with van der Waals surface area (Å²) in [5.41, 5.74) is 11.0. The van der Waals surface area contributed by atoms with Crippen LogP contribution in [-0.2, 0) is 6.42 Å². The van der Waals surface area contributed by atoms with Gasteiger partial charge in [-0.3, -0.25) is 0 Å². The topological polar surface area (TPSA) is 44.5 Å². The lowest BCUT2D eigenvalue weighted by Crippen LogP contribution is -2.16. The Morgan fingerprint density at radius 2 is 1.67 bits per heavy atom. The summed E-state index contributed by atoms with van der Waals surface area (Å²) in [5.74, 6) is 1.73. The molecule has 0 radical (unpaired) electrons. The SMILES string of the molecule is COc1ccc(CC(N)c2c(C)cc(C)cc2OC)cc1. The second-order valence-corrected chi connectivity index (χ2v) is 5.36. The molecule has 0 aromatic heterocycles. The quantitative estimate of drug-likeness (QED) is 0.913. The lowest BCUT2D eigenvalue weighted by molar-refractivity contribution is 0.404. The largest absolute Gasteiger partial charge is 0.497 e. The van der Waals surface area contributed by atoms with Gasteiger partial charge in [-0.05, 0) is 55.2 Å². The Hall–Kier alpha value is -2.00. The van der Waals surface area contributed by atoms with E-state index in [4.69, 9.17) is 15.2 Å². The first-order chi connectivity index (χ1) is 10.0. The third-order valence-corrected chi connectivity index (χ3v) is 3.70. The first-order valence-corrected chi connectivity index (χ1v) is 7.08. The highest BCUT2D eigenvalue weighted by Crippen LogP contribution is 2.30. The van der Waals surface area contributed by atoms with Crippen molar-refractivity contribution in [2.45, 2.75) is 26.3 Å². The molecule has 0 saturated carbocycles. The van der Waals surface area contributed by atoms with E-state index >= 15 is 0 Å². The van der Waals surface area contributed by atoms with E-state index in [0.29, 0.717) is 0 Å². The maximum absolute atomic E-state index is 6.41. The second-order valence-electron chi connectivity index (χ2n) is 5.36. The normalized spacial score (nSPS) is 12.0. The van der Waals surface area contributed by atoms with Crippen molar-refractivity contribution in [2.24, 2.45) is 5.73 Å². The molecule has 2 N–H and O–H groups in total. The van der Waals surface area contributed by atoms with Gasteiger partial charge in [-0.25, -0.2) is 0 Å². The minimum Gasteiger partial charge on any atom is -0.497 e. The molecule has 21 heavy (non-hydrogen) atoms. The maximum Gasteiger partial charge on any atom is 0.124 e. The van der Waals surface area contributed by atoms with Crippen molar-refractivity contribution in [1.29, 1.82) is 0 Å². The molecule has 0 amide bonds. The van der Waals surface area contributed by atoms with Crippen LogP contribution in [0.25, 0.3) is 0 Å². The molecule has 0 aliphatic rings. The van der Waals surface area contributed by atoms with Gasteiger partial charge >= 0.3 is 0 Å². The van der Waals surface area contributed by atoms with Crippen molar-refractivity contribution in [1.82, 2.24) is 0 Å². The van der Waals surface area contributed by atoms with Gasteiger partial charge in [0.2, 0.25) is 0 Å². The van der Waals surface area contributed by atoms with E-state index in [1.807, 2.05) is 18.2 Å². The number of ether oxygens (including phenoxy) is 2. The fraction of sp³-hybridized carbons (Fsp3) is 0.333. The number of hydrogen-bond donors (Lipinski definition) is 1. The Bertz CT molecular complexity index is 605. The molecule has 0 spiro atoms. The summed E-state index contributed by atoms with van der Waals surface area (Å²) in [7, 11) is 3.36. The van der Waals surface area contributed by atoms with Gasteiger partial charge in [0.1, 0.15) is 11.5 Å². The summed E-state index contributed by atoms with van der Waals surface area (Å²) in [6, 6.07) is 12.1. The number of aryl methyl sites for hydroxylation is 2. The van der Waals surface area contributed by atoms with Gasteiger partial charge in [-0.15, -0.1) is 0 Å². The zero-order chi connectivity index (χ0) is 15.4. The average Bonchev–Trinajstić information content (AvgIpc) is 2.46. The second kappa shape index (κ2) is 6.64. The molecule has 2 aromatic rings. The first-order valence-electron chi connectivity index (χ1n) is 7.08. The first kappa shape index (κ1) is 15.4. The molecule has 0 aliphatic carbocycles. The highest BCUT2D eigenvalue weighted by Gasteiger charge is 2.16. The van der Waals surface area contributed by atoms with Crippen molar-refractivity contribution < 1.29 is 9.47 Å². The molecule has 1 unspecified atom stereocenters. The van der Waals surface area contributed by atoms with E-state index in [1.54, 1.807) is 14.2 Å². The zero-order valence-electron chi connectivity index (χ0n) is 13.1. The molecule has 0 heterocycles. The number of benzene rings is 2. The zero-order valence-corrected chi connectivity index (χ0v) is 13.1. The van der Waals surface area contributed by atoms with Gasteiger partial charge in [-0.1, -0.05) is 18.2 Å². The monoisotopic (exact) mass is 285 g/mol. The highest BCUT2D eigenvalue weighted by atomic mass is 16.5. The van der Waals surface area contributed by atoms with Gasteiger partial charge in [0, 0.05) is 11.6 Å². The lowest BCUT2D eigenvalue weighted by Gasteiger charge is -2.19. The van der Waals surface area contributed by atoms with Crippen LogP contribution >= 0.6 is 0 Å². The molecule has 3 heteroatoms. The number of methoxy groups -OCH3 is 2. The fourth-order valence-electron chi connectivity index (χ4n) is 2.70. The van der Waals surface area contributed by atoms with Crippen LogP contribution in [0.4, 0.5) is 0 Å². The Morgan fingerprint density at radius 3 is 2.24 bits per heavy atom. The van der Waals surface area contributed by atoms with E-state index in [1.165, 1.54) is 16.7 Å². The summed E-state index contributed by atoms with van der Waals surface area (Å²) >= 11 is 0. The molecule has 0 bridgehead atoms. The van der Waals surface area contributed by atoms with E-state index in [-0.39, 0.29) is 6.04 Å². The Labute approximate surface area is 126 Å². The highest BCUT2D eigenvalue weighted by molar-refractivity contribution is 5.45. The standard InChI is InChI=1S/C18H23NO2/c1-12-9-13(2)18(17(10-12)21-4)16(19)11-14-5-7-15(20-3)8-6-14/h5-10,16H,11,19H2,1-4H3. The molecule has 112 valence electrons. The molecule has 2 aromatic carbocycles. The summed E-state index contributed by atoms with van der Waals surface area (Å²) in [6.45, 7) is 4.15. The van der Waals surface area contributed by atoms with E-state index in [0.717, 1.165) is 23.5 Å². The van der Waals surface area contributed by atoms with Crippen molar-refractivity contribution >= 4 is 0 Å². The van der Waals surface area contributed by atoms with Crippen LogP contribution in [0.2, 0.25) is 0 Å². The van der Waals surface area contributed by atoms with Gasteiger partial charge in [0.25, 0.3) is 0 Å². The predicted octanol–water partition coefficient (Wildman–Crippen LogP) is 3.56. The molecule has 0 saturated heterocycles. The molecular formula is C18H23NO2. The Kier molecular flexibility index (Phi) is 4.86. The third kappa shape index (κ3) is 3.56. The number of rotatable bonds is 5. The van der Waals surface area contributed by atoms with Gasteiger partial charge in [0.05, 0.1) is 14.2 Å². The minimum absolute atomic E-state index is 0.0889. The predicted molar refractivity (Wildman–Crippen MR) is 86.1 cm³/mol. The maximum atomic E-state index is 6.41. The van der Waals surface area contributed by atoms with Gasteiger partial charge in [-0.2, -0.15) is 0 Å². The van der Waals surface area contributed by atoms with Gasteiger partial charge in [0.15, 0.2) is 0 Å². The van der Waals surface area contributed by atoms with Crippen LogP contribution in [0.5, 0.6) is 11.5 Å². The van der Waals surface area contributed by atoms with Crippen molar-refractivity contribution in [2.75, 3.05) is 14.2 Å². The Morgan fingerprint density at radius 1 is 1.00 bits per heavy atom. The third-order valence-electron chi connectivity index (χ3n) is 3.70. The molecule has 0 aliphatic heterocycles. The average molecular weight is 285 g/mol. The fourth-order valence-corrected chi connectivity index (χ4v) is 2.70. The molecule has 1 atom stereocenters. The van der Waals surface area contributed by atoms with Crippen molar-refractivity contribution in [3.05, 3.63) is 58.7 Å². The van der Waals surface area contributed by atoms with Crippen LogP contribution < -0.4 is 15.2 Å². The van der Waals surface area contributed by atoms with E-state index in [9.17, 15) is 0 Å². The van der Waals surface area contributed by atoms with E-state index in [2.05, 4.69) is 32.0 Å². The number of hydrogen-bond acceptors (Lipinski definition) is 3.